The maximum atomic E-state index is 15.1. The summed E-state index contributed by atoms with van der Waals surface area (Å²) >= 11 is 0. The SMILES string of the molecule is CCCCCC1CCC(C(F)(F)OC2CCC(C3CCC(C4COC(c5cc(F)c(F)c(F)c5)OC4)CC3)CC2)CC1. The van der Waals surface area contributed by atoms with Crippen LogP contribution in [0.4, 0.5) is 22.0 Å². The molecule has 0 unspecified atom stereocenters. The third kappa shape index (κ3) is 8.06. The van der Waals surface area contributed by atoms with E-state index in [4.69, 9.17) is 14.2 Å². The third-order valence-corrected chi connectivity index (χ3v) is 10.9. The molecule has 3 aliphatic carbocycles. The summed E-state index contributed by atoms with van der Waals surface area (Å²) in [5.74, 6) is -2.13. The molecule has 1 saturated heterocycles. The van der Waals surface area contributed by atoms with Gasteiger partial charge in [-0.25, -0.2) is 13.2 Å². The summed E-state index contributed by atoms with van der Waals surface area (Å²) in [6.07, 6.45) is 11.4. The number of halogens is 5. The minimum atomic E-state index is -3.01. The first-order valence-corrected chi connectivity index (χ1v) is 16.7. The van der Waals surface area contributed by atoms with E-state index in [9.17, 15) is 13.2 Å². The van der Waals surface area contributed by atoms with E-state index in [1.165, 1.54) is 25.7 Å². The van der Waals surface area contributed by atoms with Crippen molar-refractivity contribution < 1.29 is 36.2 Å². The van der Waals surface area contributed by atoms with Crippen LogP contribution >= 0.6 is 0 Å². The van der Waals surface area contributed by atoms with Crippen LogP contribution in [0, 0.1) is 53.0 Å². The van der Waals surface area contributed by atoms with Crippen molar-refractivity contribution >= 4 is 0 Å². The third-order valence-electron chi connectivity index (χ3n) is 10.9. The van der Waals surface area contributed by atoms with Crippen LogP contribution in [0.25, 0.3) is 0 Å². The smallest absolute Gasteiger partial charge is 0.348 e. The summed E-state index contributed by atoms with van der Waals surface area (Å²) in [6, 6.07) is 1.85. The summed E-state index contributed by atoms with van der Waals surface area (Å²) in [4.78, 5) is 0. The van der Waals surface area contributed by atoms with E-state index in [0.717, 1.165) is 76.3 Å². The van der Waals surface area contributed by atoms with E-state index in [1.54, 1.807) is 0 Å². The van der Waals surface area contributed by atoms with E-state index in [0.29, 0.717) is 49.7 Å². The Balaban J connectivity index is 0.992. The first-order valence-electron chi connectivity index (χ1n) is 16.7. The maximum Gasteiger partial charge on any atom is 0.358 e. The first-order chi connectivity index (χ1) is 20.2. The van der Waals surface area contributed by atoms with Gasteiger partial charge < -0.3 is 14.2 Å². The zero-order chi connectivity index (χ0) is 29.7. The molecule has 0 bridgehead atoms. The Morgan fingerprint density at radius 1 is 0.714 bits per heavy atom. The minimum Gasteiger partial charge on any atom is -0.348 e. The van der Waals surface area contributed by atoms with Gasteiger partial charge in [0.1, 0.15) is 0 Å². The molecule has 0 aromatic heterocycles. The van der Waals surface area contributed by atoms with Gasteiger partial charge in [-0.1, -0.05) is 32.6 Å². The molecule has 0 spiro atoms. The lowest BCUT2D eigenvalue weighted by Crippen LogP contribution is -2.40. The summed E-state index contributed by atoms with van der Waals surface area (Å²) in [5, 5.41) is 0. The van der Waals surface area contributed by atoms with Gasteiger partial charge in [-0.15, -0.1) is 0 Å². The predicted octanol–water partition coefficient (Wildman–Crippen LogP) is 10.1. The molecular formula is C34H49F5O3. The molecule has 0 atom stereocenters. The highest BCUT2D eigenvalue weighted by molar-refractivity contribution is 5.20. The van der Waals surface area contributed by atoms with E-state index in [1.807, 2.05) is 0 Å². The highest BCUT2D eigenvalue weighted by Crippen LogP contribution is 2.46. The van der Waals surface area contributed by atoms with Crippen LogP contribution in [0.3, 0.4) is 0 Å². The second-order valence-electron chi connectivity index (χ2n) is 13.7. The number of hydrogen-bond donors (Lipinski definition) is 0. The fraction of sp³-hybridized carbons (Fsp3) is 0.824. The zero-order valence-electron chi connectivity index (χ0n) is 25.1. The van der Waals surface area contributed by atoms with Crippen LogP contribution in [0.15, 0.2) is 12.1 Å². The summed E-state index contributed by atoms with van der Waals surface area (Å²) in [6.45, 7) is 3.08. The van der Waals surface area contributed by atoms with Crippen LogP contribution in [-0.4, -0.2) is 25.4 Å². The number of rotatable bonds is 10. The lowest BCUT2D eigenvalue weighted by atomic mass is 9.68. The van der Waals surface area contributed by atoms with E-state index >= 15 is 8.78 Å². The highest BCUT2D eigenvalue weighted by Gasteiger charge is 2.45. The van der Waals surface area contributed by atoms with Gasteiger partial charge in [0.2, 0.25) is 0 Å². The predicted molar refractivity (Wildman–Crippen MR) is 151 cm³/mol. The molecule has 238 valence electrons. The molecule has 1 aliphatic heterocycles. The van der Waals surface area contributed by atoms with Crippen molar-refractivity contribution in [2.75, 3.05) is 13.2 Å². The van der Waals surface area contributed by atoms with Crippen molar-refractivity contribution in [1.82, 2.24) is 0 Å². The Labute approximate surface area is 248 Å². The molecule has 5 rings (SSSR count). The number of unbranched alkanes of at least 4 members (excludes halogenated alkanes) is 2. The number of alkyl halides is 2. The van der Waals surface area contributed by atoms with E-state index in [2.05, 4.69) is 6.92 Å². The van der Waals surface area contributed by atoms with Crippen molar-refractivity contribution in [3.05, 3.63) is 35.1 Å². The highest BCUT2D eigenvalue weighted by atomic mass is 19.3. The van der Waals surface area contributed by atoms with Gasteiger partial charge in [-0.2, -0.15) is 8.78 Å². The van der Waals surface area contributed by atoms with E-state index < -0.39 is 35.8 Å². The summed E-state index contributed by atoms with van der Waals surface area (Å²) in [7, 11) is 0. The molecule has 3 nitrogen and oxygen atoms in total. The standard InChI is InChI=1S/C34H49F5O3/c1-2-3-4-5-22-6-14-28(15-7-22)34(38,39)42-29-16-12-24(13-17-29)23-8-10-25(11-9-23)27-20-40-33(41-21-27)26-18-30(35)32(37)31(36)19-26/h18-19,22-25,27-29,33H,2-17,20-21H2,1H3. The topological polar surface area (TPSA) is 27.7 Å². The lowest BCUT2D eigenvalue weighted by molar-refractivity contribution is -0.302. The van der Waals surface area contributed by atoms with Crippen molar-refractivity contribution in [1.29, 1.82) is 0 Å². The van der Waals surface area contributed by atoms with Gasteiger partial charge >= 0.3 is 6.11 Å². The Hall–Kier alpha value is -1.25. The Morgan fingerprint density at radius 3 is 1.79 bits per heavy atom. The van der Waals surface area contributed by atoms with Crippen LogP contribution in [0.1, 0.15) is 122 Å². The van der Waals surface area contributed by atoms with Crippen LogP contribution < -0.4 is 0 Å². The van der Waals surface area contributed by atoms with Gasteiger partial charge in [-0.05, 0) is 113 Å². The average molecular weight is 601 g/mol. The van der Waals surface area contributed by atoms with Crippen molar-refractivity contribution in [2.24, 2.45) is 35.5 Å². The number of benzene rings is 1. The molecule has 0 amide bonds. The molecule has 0 radical (unpaired) electrons. The molecule has 1 aromatic rings. The second-order valence-corrected chi connectivity index (χ2v) is 13.7. The molecule has 0 N–H and O–H groups in total. The summed E-state index contributed by atoms with van der Waals surface area (Å²) in [5.41, 5.74) is 0.149. The van der Waals surface area contributed by atoms with Crippen LogP contribution in [0.2, 0.25) is 0 Å². The fourth-order valence-electron chi connectivity index (χ4n) is 8.25. The molecule has 4 fully saturated rings. The lowest BCUT2D eigenvalue weighted by Gasteiger charge is -2.42. The molecule has 42 heavy (non-hydrogen) atoms. The number of ether oxygens (including phenoxy) is 3. The first kappa shape index (κ1) is 32.2. The Bertz CT molecular complexity index is 950. The average Bonchev–Trinajstić information content (AvgIpc) is 3.00. The van der Waals surface area contributed by atoms with Gasteiger partial charge in [0.25, 0.3) is 0 Å². The molecule has 3 saturated carbocycles. The second kappa shape index (κ2) is 14.7. The number of hydrogen-bond acceptors (Lipinski definition) is 3. The fourth-order valence-corrected chi connectivity index (χ4v) is 8.25. The van der Waals surface area contributed by atoms with Crippen molar-refractivity contribution in [3.8, 4) is 0 Å². The monoisotopic (exact) mass is 600 g/mol. The molecule has 4 aliphatic rings. The maximum absolute atomic E-state index is 15.1. The molecule has 1 aromatic carbocycles. The Morgan fingerprint density at radius 2 is 1.24 bits per heavy atom. The van der Waals surface area contributed by atoms with Crippen molar-refractivity contribution in [3.63, 3.8) is 0 Å². The normalized spacial score (nSPS) is 34.8. The van der Waals surface area contributed by atoms with Crippen molar-refractivity contribution in [2.45, 2.75) is 128 Å². The largest absolute Gasteiger partial charge is 0.358 e. The Kier molecular flexibility index (Phi) is 11.2. The van der Waals surface area contributed by atoms with E-state index in [-0.39, 0.29) is 17.6 Å². The van der Waals surface area contributed by atoms with Gasteiger partial charge in [0.15, 0.2) is 23.7 Å². The van der Waals surface area contributed by atoms with Crippen LogP contribution in [-0.2, 0) is 14.2 Å². The molecule has 1 heterocycles. The molecule has 8 heteroatoms. The zero-order valence-corrected chi connectivity index (χ0v) is 25.1. The van der Waals surface area contributed by atoms with Crippen LogP contribution in [0.5, 0.6) is 0 Å². The van der Waals surface area contributed by atoms with Gasteiger partial charge in [0, 0.05) is 11.5 Å². The van der Waals surface area contributed by atoms with Gasteiger partial charge in [-0.3, -0.25) is 0 Å². The quantitative estimate of drug-likeness (QED) is 0.152. The minimum absolute atomic E-state index is 0.149. The summed E-state index contributed by atoms with van der Waals surface area (Å²) < 4.78 is 87.8. The molecular weight excluding hydrogens is 551 g/mol. The van der Waals surface area contributed by atoms with Gasteiger partial charge in [0.05, 0.1) is 25.2 Å².